The lowest BCUT2D eigenvalue weighted by Gasteiger charge is -2.27. The van der Waals surface area contributed by atoms with E-state index in [1.807, 2.05) is 30.3 Å². The molecule has 0 bridgehead atoms. The molecular weight excluding hydrogens is 575 g/mol. The lowest BCUT2D eigenvalue weighted by atomic mass is 9.96. The van der Waals surface area contributed by atoms with Gasteiger partial charge < -0.3 is 34.8 Å². The van der Waals surface area contributed by atoms with Gasteiger partial charge in [-0.2, -0.15) is 4.98 Å². The summed E-state index contributed by atoms with van der Waals surface area (Å²) in [7, 11) is -1.70. The van der Waals surface area contributed by atoms with Crippen molar-refractivity contribution in [2.45, 2.75) is 51.4 Å². The van der Waals surface area contributed by atoms with Gasteiger partial charge in [-0.3, -0.25) is 19.1 Å². The van der Waals surface area contributed by atoms with Crippen LogP contribution in [0.4, 0.5) is 5.95 Å². The first-order chi connectivity index (χ1) is 19.4. The molecule has 16 heteroatoms. The van der Waals surface area contributed by atoms with Crippen molar-refractivity contribution < 1.29 is 33.9 Å². The second-order valence-corrected chi connectivity index (χ2v) is 12.8. The second kappa shape index (κ2) is 13.2. The molecule has 0 aliphatic carbocycles. The van der Waals surface area contributed by atoms with Crippen LogP contribution >= 0.6 is 20.3 Å². The minimum atomic E-state index is -1.79. The molecule has 0 radical (unpaired) electrons. The fraction of sp³-hybridized carbons (Fsp3) is 0.520. The molecule has 41 heavy (non-hydrogen) atoms. The Kier molecular flexibility index (Phi) is 10.2. The van der Waals surface area contributed by atoms with Crippen LogP contribution in [0.1, 0.15) is 32.6 Å². The van der Waals surface area contributed by atoms with E-state index >= 15 is 0 Å². The molecule has 14 nitrogen and oxygen atoms in total. The predicted octanol–water partition coefficient (Wildman–Crippen LogP) is 1.04. The van der Waals surface area contributed by atoms with E-state index in [0.29, 0.717) is 12.3 Å². The molecule has 1 aliphatic rings. The summed E-state index contributed by atoms with van der Waals surface area (Å²) >= 11 is 1.07. The molecule has 224 valence electrons. The monoisotopic (exact) mass is 610 g/mol. The predicted molar refractivity (Wildman–Crippen MR) is 154 cm³/mol. The van der Waals surface area contributed by atoms with Crippen molar-refractivity contribution in [2.24, 2.45) is 5.41 Å². The Morgan fingerprint density at radius 2 is 2.07 bits per heavy atom. The van der Waals surface area contributed by atoms with Crippen LogP contribution in [0.5, 0.6) is 0 Å². The Labute approximate surface area is 241 Å². The average Bonchev–Trinajstić information content (AvgIpc) is 3.45. The number of hydrogen-bond acceptors (Lipinski definition) is 13. The Morgan fingerprint density at radius 3 is 2.78 bits per heavy atom. The average molecular weight is 611 g/mol. The molecule has 3 aromatic rings. The molecule has 7 N–H and O–H groups in total. The van der Waals surface area contributed by atoms with Crippen LogP contribution in [0.2, 0.25) is 0 Å². The first-order valence-electron chi connectivity index (χ1n) is 12.8. The van der Waals surface area contributed by atoms with Crippen LogP contribution in [0.15, 0.2) is 41.5 Å². The van der Waals surface area contributed by atoms with E-state index in [9.17, 15) is 24.9 Å². The minimum Gasteiger partial charge on any atom is -0.395 e. The SMILES string of the molecule is CC(C)(CO)C(=O)SCCOP(NCc1ccccc1)OCC1OC(n2cnc3c(=O)[nH]c(N)nc32)[C@](C)(O)[C@@H]1O. The summed E-state index contributed by atoms with van der Waals surface area (Å²) < 4.78 is 19.2. The Morgan fingerprint density at radius 1 is 1.34 bits per heavy atom. The number of aliphatic hydroxyl groups excluding tert-OH is 2. The normalized spacial score (nSPS) is 23.7. The largest absolute Gasteiger partial charge is 0.395 e. The number of carbonyl (C=O) groups is 1. The van der Waals surface area contributed by atoms with E-state index in [0.717, 1.165) is 17.3 Å². The first kappa shape index (κ1) is 31.5. The molecule has 1 aliphatic heterocycles. The summed E-state index contributed by atoms with van der Waals surface area (Å²) in [5.41, 5.74) is 3.60. The molecular formula is C25H35N6O8PS. The highest BCUT2D eigenvalue weighted by Gasteiger charge is 2.53. The summed E-state index contributed by atoms with van der Waals surface area (Å²) in [6.07, 6.45) is -2.20. The highest BCUT2D eigenvalue weighted by molar-refractivity contribution is 8.13. The lowest BCUT2D eigenvalue weighted by molar-refractivity contribution is -0.119. The number of hydrogen-bond donors (Lipinski definition) is 6. The van der Waals surface area contributed by atoms with Crippen molar-refractivity contribution in [1.82, 2.24) is 24.6 Å². The molecule has 4 rings (SSSR count). The number of rotatable bonds is 13. The number of benzene rings is 1. The van der Waals surface area contributed by atoms with E-state index in [2.05, 4.69) is 20.0 Å². The zero-order valence-electron chi connectivity index (χ0n) is 22.9. The number of H-pyrrole nitrogens is 1. The summed E-state index contributed by atoms with van der Waals surface area (Å²) in [5, 5.41) is 34.6. The number of aromatic nitrogens is 4. The first-order valence-corrected chi connectivity index (χ1v) is 15.0. The number of nitrogens with two attached hydrogens (primary N) is 1. The van der Waals surface area contributed by atoms with E-state index in [1.54, 1.807) is 13.8 Å². The van der Waals surface area contributed by atoms with E-state index < -0.39 is 43.5 Å². The van der Waals surface area contributed by atoms with Gasteiger partial charge in [-0.05, 0) is 26.3 Å². The van der Waals surface area contributed by atoms with Gasteiger partial charge in [0, 0.05) is 12.3 Å². The highest BCUT2D eigenvalue weighted by atomic mass is 32.2. The van der Waals surface area contributed by atoms with Gasteiger partial charge in [0.05, 0.1) is 31.6 Å². The maximum atomic E-state index is 12.3. The third-order valence-corrected chi connectivity index (χ3v) is 8.94. The van der Waals surface area contributed by atoms with E-state index in [1.165, 1.54) is 17.8 Å². The number of nitrogens with zero attached hydrogens (tertiary/aromatic N) is 3. The summed E-state index contributed by atoms with van der Waals surface area (Å²) in [4.78, 5) is 35.0. The van der Waals surface area contributed by atoms with Gasteiger partial charge in [-0.15, -0.1) is 0 Å². The Balaban J connectivity index is 1.41. The van der Waals surface area contributed by atoms with Crippen LogP contribution in [-0.4, -0.2) is 83.3 Å². The maximum Gasteiger partial charge on any atom is 0.280 e. The molecule has 5 atom stereocenters. The molecule has 1 fully saturated rings. The van der Waals surface area contributed by atoms with Gasteiger partial charge in [0.1, 0.15) is 17.8 Å². The quantitative estimate of drug-likeness (QED) is 0.118. The van der Waals surface area contributed by atoms with Crippen LogP contribution in [0.25, 0.3) is 11.2 Å². The summed E-state index contributed by atoms with van der Waals surface area (Å²) in [6, 6.07) is 9.62. The van der Waals surface area contributed by atoms with Crippen LogP contribution in [0, 0.1) is 5.41 Å². The van der Waals surface area contributed by atoms with Gasteiger partial charge in [0.25, 0.3) is 14.1 Å². The molecule has 0 spiro atoms. The molecule has 1 saturated heterocycles. The van der Waals surface area contributed by atoms with Crippen LogP contribution < -0.4 is 16.4 Å². The van der Waals surface area contributed by atoms with E-state index in [4.69, 9.17) is 19.5 Å². The topological polar surface area (TPSA) is 207 Å². The van der Waals surface area contributed by atoms with Crippen molar-refractivity contribution in [1.29, 1.82) is 0 Å². The zero-order chi connectivity index (χ0) is 29.8. The number of aliphatic hydroxyl groups is 3. The number of ether oxygens (including phenoxy) is 1. The molecule has 2 aromatic heterocycles. The molecule has 3 heterocycles. The van der Waals surface area contributed by atoms with Crippen molar-refractivity contribution in [3.05, 3.63) is 52.6 Å². The highest BCUT2D eigenvalue weighted by Crippen LogP contribution is 2.42. The number of aromatic amines is 1. The van der Waals surface area contributed by atoms with Crippen LogP contribution in [-0.2, 0) is 25.1 Å². The Bertz CT molecular complexity index is 1390. The molecule has 1 aromatic carbocycles. The van der Waals surface area contributed by atoms with Crippen LogP contribution in [0.3, 0.4) is 0 Å². The number of nitrogens with one attached hydrogen (secondary N) is 2. The Hall–Kier alpha value is -2.46. The number of carbonyl (C=O) groups excluding carboxylic acids is 1. The second-order valence-electron chi connectivity index (χ2n) is 10.4. The summed E-state index contributed by atoms with van der Waals surface area (Å²) in [6.45, 7) is 4.97. The smallest absolute Gasteiger partial charge is 0.280 e. The van der Waals surface area contributed by atoms with Crippen molar-refractivity contribution in [3.8, 4) is 0 Å². The van der Waals surface area contributed by atoms with Gasteiger partial charge >= 0.3 is 0 Å². The number of anilines is 1. The fourth-order valence-electron chi connectivity index (χ4n) is 4.03. The number of fused-ring (bicyclic) bond motifs is 1. The number of nitrogen functional groups attached to an aromatic ring is 1. The standard InChI is InChI=1S/C25H35N6O8PS/c1-24(2,13-32)22(35)41-10-9-37-40(28-11-15-7-5-4-6-8-15)38-12-16-18(33)25(3,36)21(39-16)31-14-27-17-19(31)29-23(26)30-20(17)34/h4-8,14,16,18,21,28,32-33,36H,9-13H2,1-3H3,(H3,26,29,30,34)/t16?,18-,21?,25-,40?/m1/s1. The third-order valence-electron chi connectivity index (χ3n) is 6.54. The molecule has 0 amide bonds. The zero-order valence-corrected chi connectivity index (χ0v) is 24.6. The number of thioether (sulfide) groups is 1. The number of imidazole rings is 1. The van der Waals surface area contributed by atoms with Crippen molar-refractivity contribution >= 4 is 42.5 Å². The van der Waals surface area contributed by atoms with Gasteiger partial charge in [-0.25, -0.2) is 10.1 Å². The van der Waals surface area contributed by atoms with Gasteiger partial charge in [0.15, 0.2) is 22.5 Å². The third kappa shape index (κ3) is 7.31. The molecule has 0 saturated carbocycles. The van der Waals surface area contributed by atoms with Crippen molar-refractivity contribution in [2.75, 3.05) is 31.3 Å². The van der Waals surface area contributed by atoms with E-state index in [-0.39, 0.29) is 42.0 Å². The molecule has 3 unspecified atom stereocenters. The minimum absolute atomic E-state index is 0.00792. The van der Waals surface area contributed by atoms with Gasteiger partial charge in [-0.1, -0.05) is 42.1 Å². The summed E-state index contributed by atoms with van der Waals surface area (Å²) in [5.74, 6) is 0.217. The van der Waals surface area contributed by atoms with Gasteiger partial charge in [0.2, 0.25) is 5.95 Å². The fourth-order valence-corrected chi connectivity index (χ4v) is 6.07. The maximum absolute atomic E-state index is 12.3. The lowest BCUT2D eigenvalue weighted by Crippen LogP contribution is -2.44. The van der Waals surface area contributed by atoms with Crippen molar-refractivity contribution in [3.63, 3.8) is 0 Å².